The highest BCUT2D eigenvalue weighted by Gasteiger charge is 2.64. The van der Waals surface area contributed by atoms with E-state index in [1.165, 1.54) is 30.0 Å². The second-order valence-electron chi connectivity index (χ2n) is 11.8. The van der Waals surface area contributed by atoms with Gasteiger partial charge >= 0.3 is 0 Å². The first-order valence-electron chi connectivity index (χ1n) is 13.3. The number of likely N-dealkylation sites (N-methyl/N-ethyl adjacent to an activating group) is 2. The fourth-order valence-corrected chi connectivity index (χ4v) is 6.91. The fraction of sp³-hybridized carbons (Fsp3) is 0.464. The summed E-state index contributed by atoms with van der Waals surface area (Å²) in [5, 5.41) is 45.8. The Balaban J connectivity index is 1.75. The summed E-state index contributed by atoms with van der Waals surface area (Å²) in [4.78, 5) is 70.7. The number of carbonyl (C=O) groups excluding carboxylic acids is 5. The molecule has 1 saturated carbocycles. The zero-order chi connectivity index (χ0) is 31.2. The van der Waals surface area contributed by atoms with Crippen molar-refractivity contribution in [2.75, 3.05) is 58.1 Å². The predicted octanol–water partition coefficient (Wildman–Crippen LogP) is -1.16. The number of aliphatic hydroxyl groups excluding tert-OH is 2. The number of rotatable bonds is 4. The standard InChI is InChI=1S/C28H33N5O9/c1-30(2)14-8-15(33-16(34)9-32(5)10-17(33)35)22(36)19-12(14)6-11-7-13-21(31(3)4)24(38)20(27(29)41)26(40)28(13,42)25(39)18(11)23(19)37/h8,11,13,21,36-37,40,42H,6-7,9-10H2,1-5H3,(H2,29,41)/t11?,13?,21-,28-/m0/s1. The maximum absolute atomic E-state index is 14.1. The van der Waals surface area contributed by atoms with E-state index in [2.05, 4.69) is 0 Å². The molecule has 4 atom stereocenters. The summed E-state index contributed by atoms with van der Waals surface area (Å²) in [7, 11) is 8.04. The number of ketones is 2. The van der Waals surface area contributed by atoms with Crippen molar-refractivity contribution in [3.8, 4) is 5.75 Å². The van der Waals surface area contributed by atoms with Crippen LogP contribution < -0.4 is 15.5 Å². The molecule has 2 unspecified atom stereocenters. The molecular weight excluding hydrogens is 550 g/mol. The first-order chi connectivity index (χ1) is 19.5. The third kappa shape index (κ3) is 3.86. The Hall–Kier alpha value is -4.27. The number of phenols is 1. The molecule has 14 heteroatoms. The zero-order valence-electron chi connectivity index (χ0n) is 23.8. The summed E-state index contributed by atoms with van der Waals surface area (Å²) in [5.74, 6) is -8.97. The van der Waals surface area contributed by atoms with Crippen LogP contribution in [0.15, 0.2) is 23.0 Å². The number of benzene rings is 1. The molecule has 0 aromatic heterocycles. The average Bonchev–Trinajstić information content (AvgIpc) is 2.86. The van der Waals surface area contributed by atoms with Crippen molar-refractivity contribution in [2.24, 2.45) is 17.6 Å². The lowest BCUT2D eigenvalue weighted by Crippen LogP contribution is -2.65. The van der Waals surface area contributed by atoms with E-state index in [0.29, 0.717) is 11.3 Å². The summed E-state index contributed by atoms with van der Waals surface area (Å²) in [6, 6.07) is 0.274. The van der Waals surface area contributed by atoms with Crippen LogP contribution in [-0.4, -0.2) is 119 Å². The number of nitrogens with zero attached hydrogens (tertiary/aromatic N) is 4. The third-order valence-corrected chi connectivity index (χ3v) is 8.71. The number of aliphatic hydroxyl groups is 3. The first kappa shape index (κ1) is 29.2. The minimum atomic E-state index is -2.77. The van der Waals surface area contributed by atoms with Crippen LogP contribution in [0, 0.1) is 11.8 Å². The van der Waals surface area contributed by atoms with Crippen molar-refractivity contribution in [2.45, 2.75) is 24.5 Å². The van der Waals surface area contributed by atoms with Crippen LogP contribution in [0.1, 0.15) is 17.5 Å². The molecule has 0 bridgehead atoms. The molecule has 1 saturated heterocycles. The van der Waals surface area contributed by atoms with Gasteiger partial charge in [-0.2, -0.15) is 0 Å². The van der Waals surface area contributed by atoms with Crippen molar-refractivity contribution in [1.29, 1.82) is 0 Å². The maximum atomic E-state index is 14.1. The van der Waals surface area contributed by atoms with Crippen molar-refractivity contribution >= 4 is 46.4 Å². The molecule has 1 aliphatic heterocycles. The van der Waals surface area contributed by atoms with Gasteiger partial charge in [-0.3, -0.25) is 33.8 Å². The summed E-state index contributed by atoms with van der Waals surface area (Å²) >= 11 is 0. The van der Waals surface area contributed by atoms with Gasteiger partial charge in [0.1, 0.15) is 17.1 Å². The molecule has 1 aromatic rings. The van der Waals surface area contributed by atoms with Gasteiger partial charge in [0.25, 0.3) is 5.91 Å². The van der Waals surface area contributed by atoms with Gasteiger partial charge < -0.3 is 31.1 Å². The number of imide groups is 1. The minimum absolute atomic E-state index is 0.0590. The van der Waals surface area contributed by atoms with Gasteiger partial charge in [0, 0.05) is 31.3 Å². The van der Waals surface area contributed by atoms with E-state index in [-0.39, 0.29) is 42.8 Å². The number of Topliss-reactive ketones (excluding diaryl/α,β-unsaturated/α-hetero) is 2. The summed E-state index contributed by atoms with van der Waals surface area (Å²) < 4.78 is 0. The van der Waals surface area contributed by atoms with E-state index in [9.17, 15) is 44.4 Å². The first-order valence-corrected chi connectivity index (χ1v) is 13.3. The van der Waals surface area contributed by atoms with Gasteiger partial charge in [-0.25, -0.2) is 4.90 Å². The van der Waals surface area contributed by atoms with Crippen molar-refractivity contribution in [1.82, 2.24) is 9.80 Å². The molecule has 4 aliphatic rings. The highest BCUT2D eigenvalue weighted by Crippen LogP contribution is 2.55. The average molecular weight is 584 g/mol. The number of amides is 3. The smallest absolute Gasteiger partial charge is 0.255 e. The maximum Gasteiger partial charge on any atom is 0.255 e. The van der Waals surface area contributed by atoms with Gasteiger partial charge in [0.2, 0.25) is 17.6 Å². The number of carbonyl (C=O) groups is 5. The van der Waals surface area contributed by atoms with Crippen LogP contribution in [0.25, 0.3) is 5.76 Å². The molecule has 6 N–H and O–H groups in total. The van der Waals surface area contributed by atoms with Crippen LogP contribution in [-0.2, 0) is 30.4 Å². The Morgan fingerprint density at radius 1 is 1.05 bits per heavy atom. The topological polar surface area (TPSA) is 205 Å². The van der Waals surface area contributed by atoms with Crippen LogP contribution in [0.2, 0.25) is 0 Å². The monoisotopic (exact) mass is 583 g/mol. The molecule has 0 radical (unpaired) electrons. The zero-order valence-corrected chi connectivity index (χ0v) is 23.8. The number of nitrogens with two attached hydrogens (primary N) is 1. The van der Waals surface area contributed by atoms with Crippen LogP contribution >= 0.6 is 0 Å². The lowest BCUT2D eigenvalue weighted by atomic mass is 9.57. The Bertz CT molecular complexity index is 1530. The third-order valence-electron chi connectivity index (χ3n) is 8.71. The Kier molecular flexibility index (Phi) is 6.71. The quantitative estimate of drug-likeness (QED) is 0.210. The molecule has 2 fully saturated rings. The van der Waals surface area contributed by atoms with Gasteiger partial charge in [-0.05, 0) is 51.5 Å². The number of hydrogen-bond donors (Lipinski definition) is 5. The van der Waals surface area contributed by atoms with E-state index in [4.69, 9.17) is 5.73 Å². The lowest BCUT2D eigenvalue weighted by molar-refractivity contribution is -0.153. The number of fused-ring (bicyclic) bond motifs is 3. The SMILES string of the molecule is CN1CC(=O)N(c2cc(N(C)C)c3c(c2O)C(O)=C2C(=O)[C@]4(O)C(O)=C(C(N)=O)C(=O)[C@@H](N(C)C)C4CC2C3)C(=O)C1. The van der Waals surface area contributed by atoms with Crippen LogP contribution in [0.4, 0.5) is 11.4 Å². The van der Waals surface area contributed by atoms with E-state index in [0.717, 1.165) is 4.90 Å². The van der Waals surface area contributed by atoms with Crippen molar-refractivity contribution in [3.63, 3.8) is 0 Å². The Morgan fingerprint density at radius 2 is 1.64 bits per heavy atom. The number of anilines is 2. The second kappa shape index (κ2) is 9.64. The molecule has 0 spiro atoms. The Morgan fingerprint density at radius 3 is 2.17 bits per heavy atom. The number of primary amides is 1. The molecule has 14 nitrogen and oxygen atoms in total. The van der Waals surface area contributed by atoms with Crippen molar-refractivity contribution < 1.29 is 44.4 Å². The number of piperazine rings is 1. The minimum Gasteiger partial charge on any atom is -0.508 e. The molecule has 3 aliphatic carbocycles. The predicted molar refractivity (Wildman–Crippen MR) is 149 cm³/mol. The molecular formula is C28H33N5O9. The molecule has 42 heavy (non-hydrogen) atoms. The Labute approximate surface area is 240 Å². The van der Waals surface area contributed by atoms with E-state index in [1.54, 1.807) is 26.0 Å². The summed E-state index contributed by atoms with van der Waals surface area (Å²) in [6.45, 7) is -0.192. The van der Waals surface area contributed by atoms with Crippen molar-refractivity contribution in [3.05, 3.63) is 34.1 Å². The van der Waals surface area contributed by atoms with Crippen LogP contribution in [0.3, 0.4) is 0 Å². The molecule has 1 heterocycles. The van der Waals surface area contributed by atoms with Crippen LogP contribution in [0.5, 0.6) is 5.75 Å². The molecule has 1 aromatic carbocycles. The number of aromatic hydroxyl groups is 1. The van der Waals surface area contributed by atoms with Gasteiger partial charge in [0.15, 0.2) is 17.1 Å². The normalized spacial score (nSPS) is 28.3. The second-order valence-corrected chi connectivity index (χ2v) is 11.8. The largest absolute Gasteiger partial charge is 0.508 e. The molecule has 224 valence electrons. The van der Waals surface area contributed by atoms with E-state index < -0.39 is 75.6 Å². The number of phenolic OH excluding ortho intramolecular Hbond substituents is 1. The molecule has 3 amide bonds. The van der Waals surface area contributed by atoms with E-state index in [1.807, 2.05) is 0 Å². The number of hydrogen-bond acceptors (Lipinski definition) is 12. The molecule has 5 rings (SSSR count). The highest BCUT2D eigenvalue weighted by atomic mass is 16.3. The van der Waals surface area contributed by atoms with Gasteiger partial charge in [0.05, 0.1) is 30.4 Å². The van der Waals surface area contributed by atoms with E-state index >= 15 is 0 Å². The summed E-state index contributed by atoms with van der Waals surface area (Å²) in [5.41, 5.74) is 1.86. The fourth-order valence-electron chi connectivity index (χ4n) is 6.91. The highest BCUT2D eigenvalue weighted by molar-refractivity contribution is 6.25. The lowest BCUT2D eigenvalue weighted by Gasteiger charge is -2.50. The van der Waals surface area contributed by atoms with Gasteiger partial charge in [-0.1, -0.05) is 0 Å². The van der Waals surface area contributed by atoms with Gasteiger partial charge in [-0.15, -0.1) is 0 Å². The summed E-state index contributed by atoms with van der Waals surface area (Å²) in [6.07, 6.45) is 0.0110.